The number of carbonyl (C=O) groups excluding carboxylic acids is 1. The Balaban J connectivity index is 2.09. The Morgan fingerprint density at radius 3 is 2.81 bits per heavy atom. The first-order valence-electron chi connectivity index (χ1n) is 7.76. The van der Waals surface area contributed by atoms with Crippen molar-refractivity contribution in [1.29, 1.82) is 0 Å². The fraction of sp³-hybridized carbons (Fsp3) is 0.588. The van der Waals surface area contributed by atoms with E-state index in [2.05, 4.69) is 36.9 Å². The van der Waals surface area contributed by atoms with Crippen LogP contribution in [0.4, 0.5) is 0 Å². The van der Waals surface area contributed by atoms with Crippen molar-refractivity contribution >= 4 is 5.91 Å². The van der Waals surface area contributed by atoms with Crippen LogP contribution in [-0.2, 0) is 24.2 Å². The van der Waals surface area contributed by atoms with Gasteiger partial charge in [0.1, 0.15) is 0 Å². The van der Waals surface area contributed by atoms with Crippen molar-refractivity contribution in [3.8, 4) is 0 Å². The standard InChI is InChI=1S/C17H26N2O2/c1-12(2)19(7-8-20)11-13-3-4-15-10-16(17(18)21)6-5-14(15)9-13/h3-4,9,12,16,20H,5-8,10-11H2,1-2H3,(H2,18,21). The smallest absolute Gasteiger partial charge is 0.220 e. The molecule has 1 aliphatic rings. The van der Waals surface area contributed by atoms with Crippen LogP contribution < -0.4 is 5.73 Å². The SMILES string of the molecule is CC(C)N(CCO)Cc1ccc2c(c1)CCC(C(N)=O)C2. The summed E-state index contributed by atoms with van der Waals surface area (Å²) in [4.78, 5) is 13.6. The molecule has 21 heavy (non-hydrogen) atoms. The number of aliphatic hydroxyl groups excluding tert-OH is 1. The summed E-state index contributed by atoms with van der Waals surface area (Å²) in [5, 5.41) is 9.15. The van der Waals surface area contributed by atoms with Gasteiger partial charge in [0.05, 0.1) is 6.61 Å². The number of carbonyl (C=O) groups is 1. The van der Waals surface area contributed by atoms with Gasteiger partial charge in [-0.3, -0.25) is 9.69 Å². The summed E-state index contributed by atoms with van der Waals surface area (Å²) in [6, 6.07) is 6.93. The summed E-state index contributed by atoms with van der Waals surface area (Å²) in [7, 11) is 0. The van der Waals surface area contributed by atoms with Crippen molar-refractivity contribution < 1.29 is 9.90 Å². The second-order valence-electron chi connectivity index (χ2n) is 6.23. The molecule has 1 aromatic rings. The molecule has 0 aliphatic heterocycles. The molecule has 0 heterocycles. The molecule has 0 saturated heterocycles. The highest BCUT2D eigenvalue weighted by Crippen LogP contribution is 2.26. The number of benzene rings is 1. The normalized spacial score (nSPS) is 18.0. The van der Waals surface area contributed by atoms with Gasteiger partial charge in [-0.2, -0.15) is 0 Å². The van der Waals surface area contributed by atoms with Crippen LogP contribution in [0, 0.1) is 5.92 Å². The molecule has 3 N–H and O–H groups in total. The van der Waals surface area contributed by atoms with E-state index in [0.29, 0.717) is 12.6 Å². The second kappa shape index (κ2) is 7.05. The van der Waals surface area contributed by atoms with Crippen molar-refractivity contribution in [3.05, 3.63) is 34.9 Å². The lowest BCUT2D eigenvalue weighted by Crippen LogP contribution is -2.33. The lowest BCUT2D eigenvalue weighted by atomic mass is 9.83. The molecule has 1 aliphatic carbocycles. The topological polar surface area (TPSA) is 66.6 Å². The lowest BCUT2D eigenvalue weighted by Gasteiger charge is -2.27. The second-order valence-corrected chi connectivity index (χ2v) is 6.23. The summed E-state index contributed by atoms with van der Waals surface area (Å²) in [6.45, 7) is 6.02. The number of rotatable bonds is 6. The summed E-state index contributed by atoms with van der Waals surface area (Å²) >= 11 is 0. The Kier molecular flexibility index (Phi) is 5.37. The van der Waals surface area contributed by atoms with Gasteiger partial charge in [-0.15, -0.1) is 0 Å². The van der Waals surface area contributed by atoms with E-state index >= 15 is 0 Å². The molecule has 1 amide bonds. The van der Waals surface area contributed by atoms with E-state index < -0.39 is 0 Å². The van der Waals surface area contributed by atoms with Gasteiger partial charge < -0.3 is 10.8 Å². The highest BCUT2D eigenvalue weighted by molar-refractivity contribution is 5.77. The predicted molar refractivity (Wildman–Crippen MR) is 83.8 cm³/mol. The Morgan fingerprint density at radius 1 is 1.43 bits per heavy atom. The maximum absolute atomic E-state index is 11.3. The van der Waals surface area contributed by atoms with E-state index in [-0.39, 0.29) is 18.4 Å². The number of primary amides is 1. The van der Waals surface area contributed by atoms with Crippen molar-refractivity contribution in [2.75, 3.05) is 13.2 Å². The molecule has 1 atom stereocenters. The van der Waals surface area contributed by atoms with Gasteiger partial charge in [-0.05, 0) is 49.8 Å². The number of amides is 1. The van der Waals surface area contributed by atoms with E-state index in [1.54, 1.807) is 0 Å². The Morgan fingerprint density at radius 2 is 2.19 bits per heavy atom. The Labute approximate surface area is 126 Å². The summed E-state index contributed by atoms with van der Waals surface area (Å²) in [6.07, 6.45) is 2.56. The highest BCUT2D eigenvalue weighted by Gasteiger charge is 2.23. The van der Waals surface area contributed by atoms with Crippen molar-refractivity contribution in [3.63, 3.8) is 0 Å². The number of nitrogens with two attached hydrogens (primary N) is 1. The molecular formula is C17H26N2O2. The van der Waals surface area contributed by atoms with Crippen LogP contribution in [-0.4, -0.2) is 35.1 Å². The number of hydrogen-bond donors (Lipinski definition) is 2. The van der Waals surface area contributed by atoms with Gasteiger partial charge >= 0.3 is 0 Å². The zero-order valence-electron chi connectivity index (χ0n) is 13.0. The molecule has 0 spiro atoms. The van der Waals surface area contributed by atoms with Crippen LogP contribution in [0.1, 0.15) is 37.0 Å². The van der Waals surface area contributed by atoms with Gasteiger partial charge in [-0.25, -0.2) is 0 Å². The largest absolute Gasteiger partial charge is 0.395 e. The summed E-state index contributed by atoms with van der Waals surface area (Å²) in [5.74, 6) is -0.191. The molecule has 0 saturated carbocycles. The molecule has 0 aromatic heterocycles. The molecule has 1 unspecified atom stereocenters. The third-order valence-corrected chi connectivity index (χ3v) is 4.40. The van der Waals surface area contributed by atoms with Gasteiger partial charge in [0.25, 0.3) is 0 Å². The first-order valence-corrected chi connectivity index (χ1v) is 7.76. The van der Waals surface area contributed by atoms with Crippen molar-refractivity contribution in [2.24, 2.45) is 11.7 Å². The monoisotopic (exact) mass is 290 g/mol. The molecule has 116 valence electrons. The quantitative estimate of drug-likeness (QED) is 0.834. The van der Waals surface area contributed by atoms with Gasteiger partial charge in [0.15, 0.2) is 0 Å². The van der Waals surface area contributed by atoms with E-state index in [0.717, 1.165) is 25.8 Å². The zero-order chi connectivity index (χ0) is 15.4. The van der Waals surface area contributed by atoms with Crippen LogP contribution in [0.3, 0.4) is 0 Å². The molecule has 2 rings (SSSR count). The van der Waals surface area contributed by atoms with Crippen LogP contribution in [0.25, 0.3) is 0 Å². The minimum absolute atomic E-state index is 0.00935. The number of nitrogens with zero attached hydrogens (tertiary/aromatic N) is 1. The Hall–Kier alpha value is -1.39. The van der Waals surface area contributed by atoms with E-state index in [4.69, 9.17) is 10.8 Å². The predicted octanol–water partition coefficient (Wildman–Crippen LogP) is 1.48. The van der Waals surface area contributed by atoms with E-state index in [1.807, 2.05) is 0 Å². The summed E-state index contributed by atoms with van der Waals surface area (Å²) < 4.78 is 0. The van der Waals surface area contributed by atoms with Gasteiger partial charge in [-0.1, -0.05) is 18.2 Å². The fourth-order valence-electron chi connectivity index (χ4n) is 3.03. The van der Waals surface area contributed by atoms with E-state index in [9.17, 15) is 4.79 Å². The third kappa shape index (κ3) is 4.05. The zero-order valence-corrected chi connectivity index (χ0v) is 13.0. The van der Waals surface area contributed by atoms with Crippen LogP contribution in [0.15, 0.2) is 18.2 Å². The molecule has 0 bridgehead atoms. The fourth-order valence-corrected chi connectivity index (χ4v) is 3.03. The average molecular weight is 290 g/mol. The Bertz CT molecular complexity index is 500. The van der Waals surface area contributed by atoms with Crippen LogP contribution in [0.5, 0.6) is 0 Å². The number of fused-ring (bicyclic) bond motifs is 1. The molecule has 0 radical (unpaired) electrons. The highest BCUT2D eigenvalue weighted by atomic mass is 16.3. The minimum atomic E-state index is -0.182. The molecular weight excluding hydrogens is 264 g/mol. The third-order valence-electron chi connectivity index (χ3n) is 4.40. The maximum atomic E-state index is 11.3. The van der Waals surface area contributed by atoms with Crippen molar-refractivity contribution in [2.45, 2.75) is 45.7 Å². The number of hydrogen-bond acceptors (Lipinski definition) is 3. The first-order chi connectivity index (χ1) is 10.0. The number of aryl methyl sites for hydroxylation is 1. The van der Waals surface area contributed by atoms with Gasteiger partial charge in [0, 0.05) is 25.0 Å². The molecule has 1 aromatic carbocycles. The average Bonchev–Trinajstić information content (AvgIpc) is 2.46. The minimum Gasteiger partial charge on any atom is -0.395 e. The molecule has 0 fully saturated rings. The maximum Gasteiger partial charge on any atom is 0.220 e. The number of aliphatic hydroxyl groups is 1. The van der Waals surface area contributed by atoms with Crippen LogP contribution >= 0.6 is 0 Å². The van der Waals surface area contributed by atoms with E-state index in [1.165, 1.54) is 16.7 Å². The summed E-state index contributed by atoms with van der Waals surface area (Å²) in [5.41, 5.74) is 9.29. The van der Waals surface area contributed by atoms with Crippen molar-refractivity contribution in [1.82, 2.24) is 4.90 Å². The molecule has 4 heteroatoms. The lowest BCUT2D eigenvalue weighted by molar-refractivity contribution is -0.122. The molecule has 4 nitrogen and oxygen atoms in total. The van der Waals surface area contributed by atoms with Crippen LogP contribution in [0.2, 0.25) is 0 Å². The van der Waals surface area contributed by atoms with Gasteiger partial charge in [0.2, 0.25) is 5.91 Å². The first kappa shape index (κ1) is 16.0.